The fourth-order valence-corrected chi connectivity index (χ4v) is 4.43. The predicted octanol–water partition coefficient (Wildman–Crippen LogP) is 1.42. The Balaban J connectivity index is 1.89. The lowest BCUT2D eigenvalue weighted by molar-refractivity contribution is 0.177. The second kappa shape index (κ2) is 6.92. The number of sulfonamides is 1. The molecule has 9 heteroatoms. The number of nitrogens with zero attached hydrogens (tertiary/aromatic N) is 4. The molecule has 1 aromatic carbocycles. The van der Waals surface area contributed by atoms with E-state index in [1.165, 1.54) is 12.1 Å². The van der Waals surface area contributed by atoms with Gasteiger partial charge in [-0.3, -0.25) is 0 Å². The molecule has 1 aliphatic rings. The van der Waals surface area contributed by atoms with Crippen LogP contribution in [0.4, 0.5) is 0 Å². The van der Waals surface area contributed by atoms with Crippen molar-refractivity contribution in [1.29, 1.82) is 5.26 Å². The summed E-state index contributed by atoms with van der Waals surface area (Å²) in [6.07, 6.45) is 1.46. The van der Waals surface area contributed by atoms with E-state index in [-0.39, 0.29) is 11.5 Å². The largest absolute Gasteiger partial charge is 0.377 e. The van der Waals surface area contributed by atoms with Crippen LogP contribution in [0.5, 0.6) is 0 Å². The SMILES string of the molecule is COCc1nc2n(n1)CCC[C@@H]2NS(=O)(=O)c1ccc(C#N)cc1C. The van der Waals surface area contributed by atoms with Crippen LogP contribution in [0.2, 0.25) is 0 Å². The van der Waals surface area contributed by atoms with Crippen LogP contribution < -0.4 is 4.72 Å². The number of aryl methyl sites for hydroxylation is 2. The summed E-state index contributed by atoms with van der Waals surface area (Å²) in [7, 11) is -2.17. The number of methoxy groups -OCH3 is 1. The molecule has 0 bridgehead atoms. The van der Waals surface area contributed by atoms with E-state index >= 15 is 0 Å². The molecule has 8 nitrogen and oxygen atoms in total. The van der Waals surface area contributed by atoms with Gasteiger partial charge in [0.15, 0.2) is 5.82 Å². The number of nitriles is 1. The number of ether oxygens (including phenoxy) is 1. The molecule has 0 aliphatic carbocycles. The fourth-order valence-electron chi connectivity index (χ4n) is 2.97. The summed E-state index contributed by atoms with van der Waals surface area (Å²) in [4.78, 5) is 4.57. The van der Waals surface area contributed by atoms with Crippen molar-refractivity contribution in [3.05, 3.63) is 41.0 Å². The lowest BCUT2D eigenvalue weighted by Crippen LogP contribution is -2.33. The maximum absolute atomic E-state index is 12.8. The zero-order valence-electron chi connectivity index (χ0n) is 14.1. The third-order valence-corrected chi connectivity index (χ3v) is 5.71. The number of aromatic nitrogens is 3. The van der Waals surface area contributed by atoms with Crippen molar-refractivity contribution in [2.75, 3.05) is 7.11 Å². The molecule has 0 spiro atoms. The Morgan fingerprint density at radius 3 is 2.96 bits per heavy atom. The van der Waals surface area contributed by atoms with Crippen LogP contribution >= 0.6 is 0 Å². The molecule has 0 unspecified atom stereocenters. The number of hydrogen-bond acceptors (Lipinski definition) is 6. The Morgan fingerprint density at radius 2 is 2.28 bits per heavy atom. The molecule has 0 saturated carbocycles. The summed E-state index contributed by atoms with van der Waals surface area (Å²) in [5.74, 6) is 1.14. The Labute approximate surface area is 146 Å². The van der Waals surface area contributed by atoms with Gasteiger partial charge in [0.25, 0.3) is 0 Å². The number of nitrogens with one attached hydrogen (secondary N) is 1. The van der Waals surface area contributed by atoms with E-state index in [1.54, 1.807) is 24.8 Å². The van der Waals surface area contributed by atoms with Gasteiger partial charge in [0.1, 0.15) is 12.4 Å². The molecule has 3 rings (SSSR count). The monoisotopic (exact) mass is 361 g/mol. The van der Waals surface area contributed by atoms with Gasteiger partial charge in [0.2, 0.25) is 10.0 Å². The smallest absolute Gasteiger partial charge is 0.241 e. The average molecular weight is 361 g/mol. The Kier molecular flexibility index (Phi) is 4.85. The summed E-state index contributed by atoms with van der Waals surface area (Å²) in [5, 5.41) is 13.3. The van der Waals surface area contributed by atoms with Gasteiger partial charge >= 0.3 is 0 Å². The Bertz CT molecular complexity index is 930. The molecule has 2 heterocycles. The van der Waals surface area contributed by atoms with Gasteiger partial charge in [-0.05, 0) is 43.5 Å². The second-order valence-corrected chi connectivity index (χ2v) is 7.63. The van der Waals surface area contributed by atoms with Crippen LogP contribution in [0.1, 0.15) is 41.7 Å². The number of fused-ring (bicyclic) bond motifs is 1. The quantitative estimate of drug-likeness (QED) is 0.862. The third-order valence-electron chi connectivity index (χ3n) is 4.08. The minimum Gasteiger partial charge on any atom is -0.377 e. The number of hydrogen-bond donors (Lipinski definition) is 1. The van der Waals surface area contributed by atoms with E-state index in [1.807, 2.05) is 6.07 Å². The molecule has 0 radical (unpaired) electrons. The lowest BCUT2D eigenvalue weighted by atomic mass is 10.1. The highest BCUT2D eigenvalue weighted by atomic mass is 32.2. The van der Waals surface area contributed by atoms with E-state index in [0.717, 1.165) is 6.42 Å². The number of rotatable bonds is 5. The summed E-state index contributed by atoms with van der Waals surface area (Å²) in [6, 6.07) is 6.09. The van der Waals surface area contributed by atoms with Crippen molar-refractivity contribution < 1.29 is 13.2 Å². The van der Waals surface area contributed by atoms with E-state index in [9.17, 15) is 8.42 Å². The minimum absolute atomic E-state index is 0.167. The van der Waals surface area contributed by atoms with E-state index < -0.39 is 16.1 Å². The van der Waals surface area contributed by atoms with Gasteiger partial charge in [-0.15, -0.1) is 0 Å². The summed E-state index contributed by atoms with van der Waals surface area (Å²) in [6.45, 7) is 2.67. The van der Waals surface area contributed by atoms with Gasteiger partial charge in [-0.2, -0.15) is 10.4 Å². The molecular formula is C16H19N5O3S. The fraction of sp³-hybridized carbons (Fsp3) is 0.438. The van der Waals surface area contributed by atoms with E-state index in [4.69, 9.17) is 10.00 Å². The molecule has 0 amide bonds. The van der Waals surface area contributed by atoms with Gasteiger partial charge in [-0.25, -0.2) is 22.8 Å². The van der Waals surface area contributed by atoms with E-state index in [2.05, 4.69) is 14.8 Å². The van der Waals surface area contributed by atoms with Crippen molar-refractivity contribution >= 4 is 10.0 Å². The maximum Gasteiger partial charge on any atom is 0.241 e. The highest BCUT2D eigenvalue weighted by Gasteiger charge is 2.29. The van der Waals surface area contributed by atoms with Gasteiger partial charge in [-0.1, -0.05) is 0 Å². The number of benzene rings is 1. The predicted molar refractivity (Wildman–Crippen MR) is 88.9 cm³/mol. The first kappa shape index (κ1) is 17.5. The summed E-state index contributed by atoms with van der Waals surface area (Å²) < 4.78 is 35.1. The highest BCUT2D eigenvalue weighted by molar-refractivity contribution is 7.89. The Morgan fingerprint density at radius 1 is 1.48 bits per heavy atom. The zero-order chi connectivity index (χ0) is 18.0. The molecule has 1 N–H and O–H groups in total. The van der Waals surface area contributed by atoms with Crippen LogP contribution in [0, 0.1) is 18.3 Å². The van der Waals surface area contributed by atoms with Crippen LogP contribution in [0.25, 0.3) is 0 Å². The Hall–Kier alpha value is -2.28. The first-order valence-electron chi connectivity index (χ1n) is 7.90. The van der Waals surface area contributed by atoms with Crippen LogP contribution in [0.3, 0.4) is 0 Å². The van der Waals surface area contributed by atoms with Crippen molar-refractivity contribution in [3.8, 4) is 6.07 Å². The van der Waals surface area contributed by atoms with E-state index in [0.29, 0.717) is 35.7 Å². The average Bonchev–Trinajstić information content (AvgIpc) is 2.98. The summed E-state index contributed by atoms with van der Waals surface area (Å²) >= 11 is 0. The molecular weight excluding hydrogens is 342 g/mol. The third kappa shape index (κ3) is 3.56. The molecule has 25 heavy (non-hydrogen) atoms. The van der Waals surface area contributed by atoms with Crippen LogP contribution in [0.15, 0.2) is 23.1 Å². The molecule has 1 aliphatic heterocycles. The molecule has 2 aromatic rings. The van der Waals surface area contributed by atoms with Crippen LogP contribution in [-0.4, -0.2) is 30.3 Å². The zero-order valence-corrected chi connectivity index (χ0v) is 14.9. The van der Waals surface area contributed by atoms with Gasteiger partial charge in [0, 0.05) is 13.7 Å². The molecule has 1 aromatic heterocycles. The van der Waals surface area contributed by atoms with Crippen LogP contribution in [-0.2, 0) is 27.9 Å². The summed E-state index contributed by atoms with van der Waals surface area (Å²) in [5.41, 5.74) is 0.960. The van der Waals surface area contributed by atoms with Gasteiger partial charge in [0.05, 0.1) is 22.6 Å². The molecule has 132 valence electrons. The lowest BCUT2D eigenvalue weighted by Gasteiger charge is -2.23. The van der Waals surface area contributed by atoms with Crippen molar-refractivity contribution in [1.82, 2.24) is 19.5 Å². The molecule has 0 fully saturated rings. The first-order chi connectivity index (χ1) is 11.9. The normalized spacial score (nSPS) is 17.1. The molecule has 0 saturated heterocycles. The van der Waals surface area contributed by atoms with Crippen molar-refractivity contribution in [2.24, 2.45) is 0 Å². The topological polar surface area (TPSA) is 110 Å². The standard InChI is InChI=1S/C16H19N5O3S/c1-11-8-12(9-17)5-6-14(11)25(22,23)20-13-4-3-7-21-16(13)18-15(19-21)10-24-2/h5-6,8,13,20H,3-4,7,10H2,1-2H3/t13-/m0/s1. The first-order valence-corrected chi connectivity index (χ1v) is 9.38. The highest BCUT2D eigenvalue weighted by Crippen LogP contribution is 2.26. The maximum atomic E-state index is 12.8. The molecule has 1 atom stereocenters. The van der Waals surface area contributed by atoms with Gasteiger partial charge < -0.3 is 4.74 Å². The minimum atomic E-state index is -3.73. The second-order valence-electron chi connectivity index (χ2n) is 5.95. The van der Waals surface area contributed by atoms with Crippen molar-refractivity contribution in [3.63, 3.8) is 0 Å². The van der Waals surface area contributed by atoms with Crippen molar-refractivity contribution in [2.45, 2.75) is 43.9 Å².